The number of fused-ring (bicyclic) bond motifs is 1. The highest BCUT2D eigenvalue weighted by Gasteiger charge is 2.55. The number of aryl methyl sites for hydroxylation is 1. The number of nitrogens with one attached hydrogen (secondary N) is 1. The van der Waals surface area contributed by atoms with Crippen LogP contribution in [-0.4, -0.2) is 44.9 Å². The van der Waals surface area contributed by atoms with Crippen molar-refractivity contribution in [1.29, 1.82) is 0 Å². The maximum absolute atomic E-state index is 12.7. The summed E-state index contributed by atoms with van der Waals surface area (Å²) >= 11 is 0. The van der Waals surface area contributed by atoms with E-state index in [9.17, 15) is 14.7 Å². The van der Waals surface area contributed by atoms with Crippen LogP contribution in [0.5, 0.6) is 0 Å². The molecule has 0 bridgehead atoms. The molecule has 2 atom stereocenters. The van der Waals surface area contributed by atoms with E-state index < -0.39 is 11.4 Å². The van der Waals surface area contributed by atoms with Gasteiger partial charge in [0.1, 0.15) is 0 Å². The summed E-state index contributed by atoms with van der Waals surface area (Å²) in [6.07, 6.45) is 8.56. The Morgan fingerprint density at radius 1 is 1.23 bits per heavy atom. The number of carboxylic acids is 1. The fourth-order valence-corrected chi connectivity index (χ4v) is 5.23. The van der Waals surface area contributed by atoms with E-state index >= 15 is 0 Å². The maximum Gasteiger partial charge on any atom is 0.323 e. The number of urea groups is 1. The molecule has 26 heavy (non-hydrogen) atoms. The Morgan fingerprint density at radius 2 is 2.00 bits per heavy atom. The van der Waals surface area contributed by atoms with Crippen LogP contribution in [0.15, 0.2) is 6.07 Å². The average Bonchev–Trinajstić information content (AvgIpc) is 3.28. The minimum absolute atomic E-state index is 0.0762. The number of aromatic nitrogens is 2. The zero-order chi connectivity index (χ0) is 18.3. The Morgan fingerprint density at radius 3 is 2.69 bits per heavy atom. The second-order valence-corrected chi connectivity index (χ2v) is 8.27. The first kappa shape index (κ1) is 17.4. The first-order chi connectivity index (χ1) is 12.5. The minimum atomic E-state index is -0.757. The molecule has 2 aliphatic carbocycles. The molecule has 3 aliphatic rings. The number of carbonyl (C=O) groups excluding carboxylic acids is 1. The van der Waals surface area contributed by atoms with Crippen LogP contribution >= 0.6 is 0 Å². The third-order valence-corrected chi connectivity index (χ3v) is 6.66. The molecule has 1 aromatic rings. The van der Waals surface area contributed by atoms with Crippen LogP contribution in [0, 0.1) is 18.3 Å². The monoisotopic (exact) mass is 360 g/mol. The molecule has 2 saturated carbocycles. The standard InChI is InChI=1S/C19H28N4O3/c1-13-10-16(21-23(13)15-7-3-2-4-8-15)20-18(26)22-11-14-6-5-9-19(14,12-22)17(24)25/h10,14-15H,2-9,11-12H2,1H3,(H,24,25)(H,20,21,26)/t14-,19+/m0/s1. The third kappa shape index (κ3) is 2.87. The van der Waals surface area contributed by atoms with Crippen molar-refractivity contribution in [3.05, 3.63) is 11.8 Å². The number of carboxylic acid groups (broad SMARTS) is 1. The summed E-state index contributed by atoms with van der Waals surface area (Å²) in [6.45, 7) is 2.86. The normalized spacial score (nSPS) is 29.0. The van der Waals surface area contributed by atoms with Gasteiger partial charge in [-0.05, 0) is 38.5 Å². The highest BCUT2D eigenvalue weighted by Crippen LogP contribution is 2.48. The van der Waals surface area contributed by atoms with Gasteiger partial charge < -0.3 is 10.0 Å². The van der Waals surface area contributed by atoms with E-state index in [-0.39, 0.29) is 11.9 Å². The Balaban J connectivity index is 1.43. The summed E-state index contributed by atoms with van der Waals surface area (Å²) in [6, 6.07) is 2.11. The SMILES string of the molecule is Cc1cc(NC(=O)N2C[C@@H]3CCC[C@@]3(C(=O)O)C2)nn1C1CCCCC1. The van der Waals surface area contributed by atoms with E-state index in [2.05, 4.69) is 10.4 Å². The molecular formula is C19H28N4O3. The van der Waals surface area contributed by atoms with Gasteiger partial charge >= 0.3 is 12.0 Å². The first-order valence-corrected chi connectivity index (χ1v) is 9.85. The lowest BCUT2D eigenvalue weighted by atomic mass is 9.81. The number of carbonyl (C=O) groups is 2. The fourth-order valence-electron chi connectivity index (χ4n) is 5.23. The van der Waals surface area contributed by atoms with E-state index in [0.717, 1.165) is 31.4 Å². The molecule has 3 fully saturated rings. The minimum Gasteiger partial charge on any atom is -0.481 e. The molecule has 0 spiro atoms. The van der Waals surface area contributed by atoms with Gasteiger partial charge in [-0.25, -0.2) is 4.79 Å². The van der Waals surface area contributed by atoms with Gasteiger partial charge in [-0.2, -0.15) is 5.10 Å². The highest BCUT2D eigenvalue weighted by molar-refractivity contribution is 5.89. The molecule has 2 heterocycles. The Bertz CT molecular complexity index is 710. The lowest BCUT2D eigenvalue weighted by molar-refractivity contribution is -0.149. The highest BCUT2D eigenvalue weighted by atomic mass is 16.4. The number of nitrogens with zero attached hydrogens (tertiary/aromatic N) is 3. The lowest BCUT2D eigenvalue weighted by Gasteiger charge is -2.23. The van der Waals surface area contributed by atoms with Crippen molar-refractivity contribution in [2.24, 2.45) is 11.3 Å². The van der Waals surface area contributed by atoms with E-state index in [1.165, 1.54) is 19.3 Å². The topological polar surface area (TPSA) is 87.5 Å². The average molecular weight is 360 g/mol. The van der Waals surface area contributed by atoms with Crippen molar-refractivity contribution in [3.63, 3.8) is 0 Å². The van der Waals surface area contributed by atoms with Gasteiger partial charge in [0.2, 0.25) is 0 Å². The Labute approximate surface area is 153 Å². The number of aliphatic carboxylic acids is 1. The molecule has 0 aromatic carbocycles. The molecule has 2 N–H and O–H groups in total. The second kappa shape index (κ2) is 6.59. The van der Waals surface area contributed by atoms with Crippen molar-refractivity contribution in [3.8, 4) is 0 Å². The molecular weight excluding hydrogens is 332 g/mol. The Hall–Kier alpha value is -2.05. The quantitative estimate of drug-likeness (QED) is 0.865. The van der Waals surface area contributed by atoms with Crippen LogP contribution in [0.3, 0.4) is 0 Å². The van der Waals surface area contributed by atoms with Crippen molar-refractivity contribution in [2.75, 3.05) is 18.4 Å². The second-order valence-electron chi connectivity index (χ2n) is 8.27. The van der Waals surface area contributed by atoms with E-state index in [1.807, 2.05) is 17.7 Å². The smallest absolute Gasteiger partial charge is 0.323 e. The van der Waals surface area contributed by atoms with Crippen molar-refractivity contribution >= 4 is 17.8 Å². The number of anilines is 1. The van der Waals surface area contributed by atoms with Crippen LogP contribution in [0.1, 0.15) is 63.1 Å². The van der Waals surface area contributed by atoms with Crippen LogP contribution in [0.2, 0.25) is 0 Å². The zero-order valence-corrected chi connectivity index (χ0v) is 15.4. The maximum atomic E-state index is 12.7. The number of hydrogen-bond acceptors (Lipinski definition) is 3. The molecule has 1 saturated heterocycles. The van der Waals surface area contributed by atoms with Gasteiger partial charge in [0, 0.05) is 24.8 Å². The Kier molecular flexibility index (Phi) is 4.40. The predicted molar refractivity (Wildman–Crippen MR) is 97.1 cm³/mol. The number of rotatable bonds is 3. The van der Waals surface area contributed by atoms with Crippen LogP contribution in [0.25, 0.3) is 0 Å². The third-order valence-electron chi connectivity index (χ3n) is 6.66. The first-order valence-electron chi connectivity index (χ1n) is 9.85. The lowest BCUT2D eigenvalue weighted by Crippen LogP contribution is -2.38. The van der Waals surface area contributed by atoms with Gasteiger partial charge in [0.15, 0.2) is 5.82 Å². The molecule has 142 valence electrons. The van der Waals surface area contributed by atoms with Gasteiger partial charge in [-0.3, -0.25) is 14.8 Å². The van der Waals surface area contributed by atoms with E-state index in [1.54, 1.807) is 4.90 Å². The van der Waals surface area contributed by atoms with Gasteiger partial charge in [0.05, 0.1) is 11.5 Å². The van der Waals surface area contributed by atoms with Crippen LogP contribution in [-0.2, 0) is 4.79 Å². The van der Waals surface area contributed by atoms with E-state index in [4.69, 9.17) is 0 Å². The van der Waals surface area contributed by atoms with Crippen molar-refractivity contribution in [2.45, 2.75) is 64.3 Å². The largest absolute Gasteiger partial charge is 0.481 e. The molecule has 4 rings (SSSR count). The predicted octanol–water partition coefficient (Wildman–Crippen LogP) is 3.42. The van der Waals surface area contributed by atoms with Crippen molar-refractivity contribution in [1.82, 2.24) is 14.7 Å². The summed E-state index contributed by atoms with van der Waals surface area (Å²) in [5, 5.41) is 17.2. The molecule has 7 heteroatoms. The fraction of sp³-hybridized carbons (Fsp3) is 0.737. The summed E-state index contributed by atoms with van der Waals surface area (Å²) in [7, 11) is 0. The van der Waals surface area contributed by atoms with Crippen molar-refractivity contribution < 1.29 is 14.7 Å². The van der Waals surface area contributed by atoms with Gasteiger partial charge in [-0.1, -0.05) is 25.7 Å². The van der Waals surface area contributed by atoms with Crippen LogP contribution < -0.4 is 5.32 Å². The molecule has 0 unspecified atom stereocenters. The zero-order valence-electron chi connectivity index (χ0n) is 15.4. The summed E-state index contributed by atoms with van der Waals surface area (Å²) in [5.74, 6) is -0.112. The molecule has 0 radical (unpaired) electrons. The number of amides is 2. The molecule has 1 aliphatic heterocycles. The molecule has 1 aromatic heterocycles. The number of hydrogen-bond donors (Lipinski definition) is 2. The van der Waals surface area contributed by atoms with E-state index in [0.29, 0.717) is 31.4 Å². The van der Waals surface area contributed by atoms with Crippen LogP contribution in [0.4, 0.5) is 10.6 Å². The number of likely N-dealkylation sites (tertiary alicyclic amines) is 1. The van der Waals surface area contributed by atoms with Gasteiger partial charge in [-0.15, -0.1) is 0 Å². The molecule has 2 amide bonds. The summed E-state index contributed by atoms with van der Waals surface area (Å²) in [4.78, 5) is 26.1. The molecule has 7 nitrogen and oxygen atoms in total. The summed E-state index contributed by atoms with van der Waals surface area (Å²) < 4.78 is 2.05. The summed E-state index contributed by atoms with van der Waals surface area (Å²) in [5.41, 5.74) is 0.321. The van der Waals surface area contributed by atoms with Gasteiger partial charge in [0.25, 0.3) is 0 Å².